The van der Waals surface area contributed by atoms with Crippen LogP contribution in [0.2, 0.25) is 0 Å². The van der Waals surface area contributed by atoms with Gasteiger partial charge in [-0.2, -0.15) is 0 Å². The van der Waals surface area contributed by atoms with Gasteiger partial charge in [0.2, 0.25) is 0 Å². The van der Waals surface area contributed by atoms with Crippen LogP contribution in [0, 0.1) is 11.3 Å². The lowest BCUT2D eigenvalue weighted by molar-refractivity contribution is -0.0696. The molecule has 2 aliphatic rings. The number of piperidine rings is 1. The summed E-state index contributed by atoms with van der Waals surface area (Å²) in [4.78, 5) is 25.9. The number of carbonyl (C=O) groups is 2. The Hall–Kier alpha value is -1.56. The summed E-state index contributed by atoms with van der Waals surface area (Å²) >= 11 is 3.42. The number of halogens is 1. The Morgan fingerprint density at radius 2 is 1.96 bits per heavy atom. The van der Waals surface area contributed by atoms with Crippen LogP contribution < -0.4 is 4.74 Å². The first-order valence-electron chi connectivity index (χ1n) is 8.15. The highest BCUT2D eigenvalue weighted by molar-refractivity contribution is 9.10. The molecular formula is C18H22BrNO4. The van der Waals surface area contributed by atoms with Gasteiger partial charge in [0.05, 0.1) is 11.5 Å². The summed E-state index contributed by atoms with van der Waals surface area (Å²) in [5.41, 5.74) is -0.305. The molecule has 0 aromatic heterocycles. The number of carbonyl (C=O) groups excluding carboxylic acids is 1. The fourth-order valence-corrected chi connectivity index (χ4v) is 4.47. The largest absolute Gasteiger partial charge is 0.486 e. The second-order valence-corrected chi connectivity index (χ2v) is 8.66. The van der Waals surface area contributed by atoms with Gasteiger partial charge in [0.25, 0.3) is 0 Å². The molecule has 1 N–H and O–H groups in total. The first kappa shape index (κ1) is 17.3. The van der Waals surface area contributed by atoms with Crippen molar-refractivity contribution in [1.82, 2.24) is 4.90 Å². The highest BCUT2D eigenvalue weighted by atomic mass is 79.9. The Labute approximate surface area is 150 Å². The van der Waals surface area contributed by atoms with E-state index in [2.05, 4.69) is 15.9 Å². The number of fused-ring (bicyclic) bond motifs is 1. The van der Waals surface area contributed by atoms with E-state index in [0.29, 0.717) is 37.2 Å². The quantitative estimate of drug-likeness (QED) is 0.714. The number of Topliss-reactive ketones (excluding diaryl/α,β-unsaturated/α-hetero) is 1. The minimum Gasteiger partial charge on any atom is -0.486 e. The molecule has 1 spiro atoms. The summed E-state index contributed by atoms with van der Waals surface area (Å²) in [5, 5.41) is 9.20. The van der Waals surface area contributed by atoms with E-state index in [1.165, 1.54) is 4.90 Å². The Kier molecular flexibility index (Phi) is 4.14. The van der Waals surface area contributed by atoms with Crippen LogP contribution in [0.5, 0.6) is 5.75 Å². The first-order chi connectivity index (χ1) is 11.1. The SMILES string of the molecule is CC(C)(C)C1C(=O)c2cc(Br)ccc2OC12CCN(C(=O)O)CC2. The Bertz CT molecular complexity index is 687. The predicted octanol–water partition coefficient (Wildman–Crippen LogP) is 4.20. The lowest BCUT2D eigenvalue weighted by Crippen LogP contribution is -2.60. The van der Waals surface area contributed by atoms with E-state index in [4.69, 9.17) is 4.74 Å². The van der Waals surface area contributed by atoms with Crippen LogP contribution in [0.3, 0.4) is 0 Å². The Morgan fingerprint density at radius 1 is 1.33 bits per heavy atom. The van der Waals surface area contributed by atoms with Crippen LogP contribution in [-0.4, -0.2) is 40.6 Å². The van der Waals surface area contributed by atoms with E-state index in [1.807, 2.05) is 39.0 Å². The van der Waals surface area contributed by atoms with E-state index in [-0.39, 0.29) is 17.1 Å². The highest BCUT2D eigenvalue weighted by Gasteiger charge is 2.55. The average molecular weight is 396 g/mol. The van der Waals surface area contributed by atoms with Crippen molar-refractivity contribution in [2.75, 3.05) is 13.1 Å². The van der Waals surface area contributed by atoms with Crippen molar-refractivity contribution < 1.29 is 19.4 Å². The number of hydrogen-bond acceptors (Lipinski definition) is 3. The van der Waals surface area contributed by atoms with Gasteiger partial charge in [-0.1, -0.05) is 36.7 Å². The minimum absolute atomic E-state index is 0.0915. The lowest BCUT2D eigenvalue weighted by atomic mass is 9.63. The maximum atomic E-state index is 13.3. The molecule has 1 fully saturated rings. The molecule has 6 heteroatoms. The summed E-state index contributed by atoms with van der Waals surface area (Å²) in [7, 11) is 0. The third-order valence-electron chi connectivity index (χ3n) is 5.05. The van der Waals surface area contributed by atoms with E-state index in [0.717, 1.165) is 4.47 Å². The molecular weight excluding hydrogens is 374 g/mol. The van der Waals surface area contributed by atoms with Gasteiger partial charge in [0, 0.05) is 30.4 Å². The zero-order valence-electron chi connectivity index (χ0n) is 14.1. The normalized spacial score (nSPS) is 22.9. The van der Waals surface area contributed by atoms with Crippen molar-refractivity contribution in [3.63, 3.8) is 0 Å². The van der Waals surface area contributed by atoms with Gasteiger partial charge in [0.15, 0.2) is 5.78 Å². The van der Waals surface area contributed by atoms with E-state index < -0.39 is 11.7 Å². The van der Waals surface area contributed by atoms with Crippen LogP contribution in [-0.2, 0) is 0 Å². The number of ether oxygens (including phenoxy) is 1. The number of rotatable bonds is 0. The van der Waals surface area contributed by atoms with Gasteiger partial charge in [-0.25, -0.2) is 4.79 Å². The number of nitrogens with zero attached hydrogens (tertiary/aromatic N) is 1. The molecule has 24 heavy (non-hydrogen) atoms. The highest BCUT2D eigenvalue weighted by Crippen LogP contribution is 2.50. The number of likely N-dealkylation sites (tertiary alicyclic amines) is 1. The summed E-state index contributed by atoms with van der Waals surface area (Å²) in [6.07, 6.45) is 0.147. The number of carboxylic acid groups (broad SMARTS) is 1. The molecule has 3 rings (SSSR count). The standard InChI is InChI=1S/C18H22BrNO4/c1-17(2,3)15-14(21)12-10-11(19)4-5-13(12)24-18(15)6-8-20(9-7-18)16(22)23/h4-5,10,15H,6-9H2,1-3H3,(H,22,23). The molecule has 1 aromatic rings. The number of hydrogen-bond donors (Lipinski definition) is 1. The van der Waals surface area contributed by atoms with Crippen molar-refractivity contribution >= 4 is 27.8 Å². The second-order valence-electron chi connectivity index (χ2n) is 7.74. The van der Waals surface area contributed by atoms with Crippen LogP contribution in [0.25, 0.3) is 0 Å². The summed E-state index contributed by atoms with van der Waals surface area (Å²) in [5.74, 6) is 0.393. The Morgan fingerprint density at radius 3 is 2.50 bits per heavy atom. The smallest absolute Gasteiger partial charge is 0.407 e. The van der Waals surface area contributed by atoms with Crippen LogP contribution >= 0.6 is 15.9 Å². The van der Waals surface area contributed by atoms with Crippen molar-refractivity contribution in [2.45, 2.75) is 39.2 Å². The maximum Gasteiger partial charge on any atom is 0.407 e. The molecule has 1 amide bonds. The summed E-state index contributed by atoms with van der Waals surface area (Å²) in [6, 6.07) is 5.50. The van der Waals surface area contributed by atoms with Gasteiger partial charge in [-0.05, 0) is 23.6 Å². The Balaban J connectivity index is 2.03. The molecule has 1 atom stereocenters. The molecule has 1 unspecified atom stereocenters. The van der Waals surface area contributed by atoms with Crippen molar-refractivity contribution in [2.24, 2.45) is 11.3 Å². The van der Waals surface area contributed by atoms with Gasteiger partial charge >= 0.3 is 6.09 Å². The lowest BCUT2D eigenvalue weighted by Gasteiger charge is -2.51. The van der Waals surface area contributed by atoms with E-state index in [9.17, 15) is 14.7 Å². The third kappa shape index (κ3) is 2.81. The fourth-order valence-electron chi connectivity index (χ4n) is 4.11. The van der Waals surface area contributed by atoms with Crippen molar-refractivity contribution in [1.29, 1.82) is 0 Å². The fraction of sp³-hybridized carbons (Fsp3) is 0.556. The van der Waals surface area contributed by atoms with Gasteiger partial charge in [-0.15, -0.1) is 0 Å². The van der Waals surface area contributed by atoms with Crippen LogP contribution in [0.15, 0.2) is 22.7 Å². The van der Waals surface area contributed by atoms with Gasteiger partial charge < -0.3 is 14.7 Å². The second kappa shape index (κ2) is 5.76. The predicted molar refractivity (Wildman–Crippen MR) is 93.6 cm³/mol. The molecule has 2 heterocycles. The minimum atomic E-state index is -0.913. The molecule has 0 bridgehead atoms. The first-order valence-corrected chi connectivity index (χ1v) is 8.94. The monoisotopic (exact) mass is 395 g/mol. The van der Waals surface area contributed by atoms with Crippen molar-refractivity contribution in [3.05, 3.63) is 28.2 Å². The van der Waals surface area contributed by atoms with Gasteiger partial charge in [-0.3, -0.25) is 4.79 Å². The molecule has 2 aliphatic heterocycles. The zero-order valence-corrected chi connectivity index (χ0v) is 15.7. The zero-order chi connectivity index (χ0) is 17.7. The molecule has 1 saturated heterocycles. The molecule has 0 radical (unpaired) electrons. The molecule has 1 aromatic carbocycles. The molecule has 130 valence electrons. The number of ketones is 1. The van der Waals surface area contributed by atoms with Crippen molar-refractivity contribution in [3.8, 4) is 5.75 Å². The van der Waals surface area contributed by atoms with E-state index in [1.54, 1.807) is 0 Å². The topological polar surface area (TPSA) is 66.8 Å². The summed E-state index contributed by atoms with van der Waals surface area (Å²) < 4.78 is 7.24. The van der Waals surface area contributed by atoms with Gasteiger partial charge in [0.1, 0.15) is 11.4 Å². The van der Waals surface area contributed by atoms with Crippen LogP contribution in [0.4, 0.5) is 4.79 Å². The number of amides is 1. The molecule has 0 saturated carbocycles. The molecule has 0 aliphatic carbocycles. The third-order valence-corrected chi connectivity index (χ3v) is 5.55. The van der Waals surface area contributed by atoms with Crippen LogP contribution in [0.1, 0.15) is 44.0 Å². The summed E-state index contributed by atoms with van der Waals surface area (Å²) in [6.45, 7) is 6.93. The number of benzene rings is 1. The molecule has 5 nitrogen and oxygen atoms in total. The van der Waals surface area contributed by atoms with E-state index >= 15 is 0 Å². The maximum absolute atomic E-state index is 13.3. The average Bonchev–Trinajstić information content (AvgIpc) is 2.47.